The maximum atomic E-state index is 12.8. The highest BCUT2D eigenvalue weighted by Crippen LogP contribution is 2.27. The van der Waals surface area contributed by atoms with E-state index in [0.717, 1.165) is 33.7 Å². The molecule has 0 atom stereocenters. The molecule has 4 rings (SSSR count). The monoisotopic (exact) mass is 386 g/mol. The van der Waals surface area contributed by atoms with Gasteiger partial charge in [0, 0.05) is 22.3 Å². The SMILES string of the molecule is Cc1ccc(C(=O)/C=C/c2c(-c3ccc(Cl)cc3)nc3ccccn23)c(C)c1. The van der Waals surface area contributed by atoms with Crippen molar-refractivity contribution >= 4 is 29.1 Å². The molecule has 4 aromatic rings. The Morgan fingerprint density at radius 2 is 1.82 bits per heavy atom. The van der Waals surface area contributed by atoms with Gasteiger partial charge in [-0.3, -0.25) is 9.20 Å². The minimum absolute atomic E-state index is 0.0227. The lowest BCUT2D eigenvalue weighted by Crippen LogP contribution is -1.98. The average molecular weight is 387 g/mol. The first-order chi connectivity index (χ1) is 13.5. The maximum absolute atomic E-state index is 12.8. The third kappa shape index (κ3) is 3.49. The Balaban J connectivity index is 1.79. The third-order valence-electron chi connectivity index (χ3n) is 4.72. The van der Waals surface area contributed by atoms with E-state index in [2.05, 4.69) is 0 Å². The lowest BCUT2D eigenvalue weighted by molar-refractivity contribution is 0.104. The summed E-state index contributed by atoms with van der Waals surface area (Å²) in [6, 6.07) is 19.3. The number of carbonyl (C=O) groups excluding carboxylic acids is 1. The quantitative estimate of drug-likeness (QED) is 0.310. The highest BCUT2D eigenvalue weighted by molar-refractivity contribution is 6.30. The van der Waals surface area contributed by atoms with Gasteiger partial charge in [-0.2, -0.15) is 0 Å². The Kier molecular flexibility index (Phi) is 4.84. The van der Waals surface area contributed by atoms with Crippen molar-refractivity contribution in [1.29, 1.82) is 0 Å². The second-order valence-electron chi connectivity index (χ2n) is 6.80. The molecule has 0 saturated carbocycles. The Morgan fingerprint density at radius 1 is 1.04 bits per heavy atom. The molecule has 138 valence electrons. The van der Waals surface area contributed by atoms with Gasteiger partial charge in [0.2, 0.25) is 0 Å². The molecule has 2 aromatic heterocycles. The molecule has 0 fully saturated rings. The number of hydrogen-bond acceptors (Lipinski definition) is 2. The summed E-state index contributed by atoms with van der Waals surface area (Å²) in [7, 11) is 0. The molecule has 28 heavy (non-hydrogen) atoms. The Morgan fingerprint density at radius 3 is 2.57 bits per heavy atom. The van der Waals surface area contributed by atoms with E-state index >= 15 is 0 Å². The molecular weight excluding hydrogens is 368 g/mol. The molecule has 2 aromatic carbocycles. The minimum atomic E-state index is -0.0227. The van der Waals surface area contributed by atoms with Crippen LogP contribution in [-0.4, -0.2) is 15.2 Å². The van der Waals surface area contributed by atoms with Gasteiger partial charge < -0.3 is 0 Å². The molecule has 0 unspecified atom stereocenters. The van der Waals surface area contributed by atoms with Crippen molar-refractivity contribution in [2.45, 2.75) is 13.8 Å². The van der Waals surface area contributed by atoms with Crippen LogP contribution in [0.3, 0.4) is 0 Å². The van der Waals surface area contributed by atoms with Gasteiger partial charge in [0.05, 0.1) is 11.4 Å². The van der Waals surface area contributed by atoms with Gasteiger partial charge >= 0.3 is 0 Å². The first kappa shape index (κ1) is 18.2. The average Bonchev–Trinajstić information content (AvgIpc) is 3.05. The van der Waals surface area contributed by atoms with Gasteiger partial charge in [-0.15, -0.1) is 0 Å². The Bertz CT molecular complexity index is 1200. The lowest BCUT2D eigenvalue weighted by Gasteiger charge is -2.04. The molecule has 0 bridgehead atoms. The first-order valence-corrected chi connectivity index (χ1v) is 9.43. The van der Waals surface area contributed by atoms with Crippen molar-refractivity contribution in [2.75, 3.05) is 0 Å². The number of ketones is 1. The van der Waals surface area contributed by atoms with E-state index in [9.17, 15) is 4.79 Å². The number of allylic oxidation sites excluding steroid dienone is 1. The number of hydrogen-bond donors (Lipinski definition) is 0. The predicted octanol–water partition coefficient (Wildman–Crippen LogP) is 6.17. The van der Waals surface area contributed by atoms with Crippen LogP contribution in [0, 0.1) is 13.8 Å². The second-order valence-corrected chi connectivity index (χ2v) is 7.23. The summed E-state index contributed by atoms with van der Waals surface area (Å²) in [6.07, 6.45) is 5.40. The van der Waals surface area contributed by atoms with Gasteiger partial charge in [-0.25, -0.2) is 4.98 Å². The molecule has 0 radical (unpaired) electrons. The standard InChI is InChI=1S/C24H19ClN2O/c1-16-6-11-20(17(2)15-16)22(28)13-12-21-24(18-7-9-19(25)10-8-18)26-23-5-3-4-14-27(21)23/h3-15H,1-2H3/b13-12+. The van der Waals surface area contributed by atoms with E-state index in [1.54, 1.807) is 6.08 Å². The van der Waals surface area contributed by atoms with E-state index in [4.69, 9.17) is 16.6 Å². The summed E-state index contributed by atoms with van der Waals surface area (Å²) >= 11 is 6.03. The lowest BCUT2D eigenvalue weighted by atomic mass is 10.0. The third-order valence-corrected chi connectivity index (χ3v) is 4.98. The molecule has 0 N–H and O–H groups in total. The molecule has 0 amide bonds. The zero-order valence-electron chi connectivity index (χ0n) is 15.7. The van der Waals surface area contributed by atoms with Crippen LogP contribution in [0.4, 0.5) is 0 Å². The fraction of sp³-hybridized carbons (Fsp3) is 0.0833. The molecule has 0 saturated heterocycles. The van der Waals surface area contributed by atoms with Gasteiger partial charge in [0.15, 0.2) is 5.78 Å². The van der Waals surface area contributed by atoms with Gasteiger partial charge in [0.25, 0.3) is 0 Å². The van der Waals surface area contributed by atoms with Crippen LogP contribution < -0.4 is 0 Å². The van der Waals surface area contributed by atoms with E-state index < -0.39 is 0 Å². The van der Waals surface area contributed by atoms with E-state index in [1.165, 1.54) is 0 Å². The molecular formula is C24H19ClN2O. The van der Waals surface area contributed by atoms with Crippen LogP contribution in [0.2, 0.25) is 5.02 Å². The van der Waals surface area contributed by atoms with Crippen molar-refractivity contribution in [1.82, 2.24) is 9.38 Å². The van der Waals surface area contributed by atoms with Crippen LogP contribution in [-0.2, 0) is 0 Å². The summed E-state index contributed by atoms with van der Waals surface area (Å²) in [5.74, 6) is -0.0227. The van der Waals surface area contributed by atoms with Crippen molar-refractivity contribution in [3.05, 3.63) is 100 Å². The summed E-state index contributed by atoms with van der Waals surface area (Å²) < 4.78 is 1.98. The molecule has 3 nitrogen and oxygen atoms in total. The number of pyridine rings is 1. The summed E-state index contributed by atoms with van der Waals surface area (Å²) in [6.45, 7) is 3.98. The minimum Gasteiger partial charge on any atom is -0.300 e. The summed E-state index contributed by atoms with van der Waals surface area (Å²) in [4.78, 5) is 17.5. The summed E-state index contributed by atoms with van der Waals surface area (Å²) in [5.41, 5.74) is 6.28. The normalized spacial score (nSPS) is 11.4. The number of imidazole rings is 1. The molecule has 2 heterocycles. The molecule has 0 aliphatic heterocycles. The molecule has 0 aliphatic carbocycles. The Labute approximate surface area is 168 Å². The fourth-order valence-electron chi connectivity index (χ4n) is 3.33. The van der Waals surface area contributed by atoms with E-state index in [0.29, 0.717) is 10.6 Å². The van der Waals surface area contributed by atoms with E-state index in [1.807, 2.05) is 91.2 Å². The molecule has 4 heteroatoms. The van der Waals surface area contributed by atoms with Crippen molar-refractivity contribution < 1.29 is 4.79 Å². The number of aryl methyl sites for hydroxylation is 2. The fourth-order valence-corrected chi connectivity index (χ4v) is 3.45. The zero-order valence-corrected chi connectivity index (χ0v) is 16.4. The van der Waals surface area contributed by atoms with Gasteiger partial charge in [0.1, 0.15) is 5.65 Å². The maximum Gasteiger partial charge on any atom is 0.186 e. The highest BCUT2D eigenvalue weighted by Gasteiger charge is 2.13. The number of benzene rings is 2. The molecule has 0 spiro atoms. The number of carbonyl (C=O) groups is 1. The summed E-state index contributed by atoms with van der Waals surface area (Å²) in [5, 5.41) is 0.676. The molecule has 0 aliphatic rings. The Hall–Kier alpha value is -3.17. The number of fused-ring (bicyclic) bond motifs is 1. The smallest absolute Gasteiger partial charge is 0.186 e. The van der Waals surface area contributed by atoms with Crippen molar-refractivity contribution in [2.24, 2.45) is 0 Å². The highest BCUT2D eigenvalue weighted by atomic mass is 35.5. The van der Waals surface area contributed by atoms with E-state index in [-0.39, 0.29) is 5.78 Å². The van der Waals surface area contributed by atoms with Crippen LogP contribution in [0.5, 0.6) is 0 Å². The van der Waals surface area contributed by atoms with Gasteiger partial charge in [-0.1, -0.05) is 53.6 Å². The van der Waals surface area contributed by atoms with Crippen molar-refractivity contribution in [3.63, 3.8) is 0 Å². The topological polar surface area (TPSA) is 34.4 Å². The van der Waals surface area contributed by atoms with Gasteiger partial charge in [-0.05, 0) is 55.8 Å². The van der Waals surface area contributed by atoms with Crippen LogP contribution in [0.1, 0.15) is 27.2 Å². The number of nitrogens with zero attached hydrogens (tertiary/aromatic N) is 2. The second kappa shape index (κ2) is 7.45. The zero-order chi connectivity index (χ0) is 19.7. The van der Waals surface area contributed by atoms with Crippen molar-refractivity contribution in [3.8, 4) is 11.3 Å². The van der Waals surface area contributed by atoms with Crippen LogP contribution >= 0.6 is 11.6 Å². The number of aromatic nitrogens is 2. The largest absolute Gasteiger partial charge is 0.300 e. The first-order valence-electron chi connectivity index (χ1n) is 9.05. The van der Waals surface area contributed by atoms with Crippen LogP contribution in [0.25, 0.3) is 23.0 Å². The number of rotatable bonds is 4. The number of halogens is 1. The van der Waals surface area contributed by atoms with Crippen LogP contribution in [0.15, 0.2) is 72.9 Å². The predicted molar refractivity (Wildman–Crippen MR) is 115 cm³/mol.